The highest BCUT2D eigenvalue weighted by atomic mass is 19.1. The van der Waals surface area contributed by atoms with E-state index in [1.807, 2.05) is 19.1 Å². The van der Waals surface area contributed by atoms with Crippen molar-refractivity contribution in [1.82, 2.24) is 9.88 Å². The fourth-order valence-electron chi connectivity index (χ4n) is 5.80. The van der Waals surface area contributed by atoms with Crippen molar-refractivity contribution in [2.45, 2.75) is 57.5 Å². The number of likely N-dealkylation sites (tertiary alicyclic amines) is 1. The Kier molecular flexibility index (Phi) is 5.53. The Morgan fingerprint density at radius 3 is 2.74 bits per heavy atom. The van der Waals surface area contributed by atoms with Crippen molar-refractivity contribution in [3.05, 3.63) is 47.2 Å². The van der Waals surface area contributed by atoms with Gasteiger partial charge >= 0.3 is 0 Å². The molecule has 1 saturated carbocycles. The molecule has 4 aliphatic rings. The van der Waals surface area contributed by atoms with Gasteiger partial charge in [0.05, 0.1) is 12.1 Å². The Morgan fingerprint density at radius 1 is 1.20 bits per heavy atom. The van der Waals surface area contributed by atoms with Crippen LogP contribution in [0.2, 0.25) is 0 Å². The monoisotopic (exact) mass is 477 g/mol. The van der Waals surface area contributed by atoms with E-state index in [0.29, 0.717) is 68.4 Å². The van der Waals surface area contributed by atoms with Crippen LogP contribution < -0.4 is 9.64 Å². The molecule has 1 unspecified atom stereocenters. The first-order valence-corrected chi connectivity index (χ1v) is 13.0. The Labute approximate surface area is 205 Å². The number of hydrogen-bond acceptors (Lipinski definition) is 5. The van der Waals surface area contributed by atoms with Crippen molar-refractivity contribution in [2.75, 3.05) is 31.1 Å². The van der Waals surface area contributed by atoms with Crippen LogP contribution in [0, 0.1) is 11.8 Å². The Balaban J connectivity index is 1.20. The highest BCUT2D eigenvalue weighted by Gasteiger charge is 2.37. The zero-order valence-electron chi connectivity index (χ0n) is 20.3. The summed E-state index contributed by atoms with van der Waals surface area (Å²) in [6.45, 7) is 3.83. The van der Waals surface area contributed by atoms with Crippen LogP contribution in [0.25, 0.3) is 0 Å². The first kappa shape index (κ1) is 22.5. The molecule has 0 N–H and O–H groups in total. The summed E-state index contributed by atoms with van der Waals surface area (Å²) in [4.78, 5) is 34.3. The number of rotatable bonds is 5. The molecule has 35 heavy (non-hydrogen) atoms. The second-order valence-corrected chi connectivity index (χ2v) is 10.6. The van der Waals surface area contributed by atoms with Gasteiger partial charge in [-0.1, -0.05) is 19.8 Å². The van der Waals surface area contributed by atoms with Gasteiger partial charge in [0.1, 0.15) is 12.3 Å². The van der Waals surface area contributed by atoms with E-state index in [9.17, 15) is 14.0 Å². The number of aromatic nitrogens is 1. The number of amides is 1. The number of carbonyl (C=O) groups excluding carboxylic acids is 2. The topological polar surface area (TPSA) is 62.7 Å². The number of fused-ring (bicyclic) bond motifs is 2. The molecule has 1 atom stereocenters. The molecule has 1 saturated heterocycles. The predicted molar refractivity (Wildman–Crippen MR) is 131 cm³/mol. The highest BCUT2D eigenvalue weighted by molar-refractivity contribution is 6.02. The minimum Gasteiger partial charge on any atom is -0.488 e. The number of ether oxygens (including phenoxy) is 1. The third kappa shape index (κ3) is 4.19. The smallest absolute Gasteiger partial charge is 0.255 e. The highest BCUT2D eigenvalue weighted by Crippen LogP contribution is 2.42. The molecule has 3 heterocycles. The lowest BCUT2D eigenvalue weighted by Crippen LogP contribution is -2.44. The summed E-state index contributed by atoms with van der Waals surface area (Å²) in [7, 11) is 0. The SMILES string of the molecule is CCC1(F)CCN(C(=O)c2cnc3c(c2)OCCN3c2ccc3c(c2)CC(CC2CC2)C3=O)CC1. The average molecular weight is 478 g/mol. The summed E-state index contributed by atoms with van der Waals surface area (Å²) >= 11 is 0. The minimum atomic E-state index is -1.16. The molecule has 6 rings (SSSR count). The van der Waals surface area contributed by atoms with E-state index in [1.165, 1.54) is 12.8 Å². The third-order valence-electron chi connectivity index (χ3n) is 8.31. The van der Waals surface area contributed by atoms with Crippen LogP contribution in [-0.2, 0) is 6.42 Å². The van der Waals surface area contributed by atoms with Crippen molar-refractivity contribution in [3.8, 4) is 5.75 Å². The molecule has 2 aliphatic carbocycles. The van der Waals surface area contributed by atoms with E-state index in [-0.39, 0.29) is 11.8 Å². The van der Waals surface area contributed by atoms with E-state index in [0.717, 1.165) is 35.6 Å². The Hall–Kier alpha value is -2.96. The number of pyridine rings is 1. The molecule has 0 spiro atoms. The maximum atomic E-state index is 14.6. The lowest BCUT2D eigenvalue weighted by Gasteiger charge is -2.36. The largest absolute Gasteiger partial charge is 0.488 e. The van der Waals surface area contributed by atoms with Gasteiger partial charge in [-0.2, -0.15) is 0 Å². The van der Waals surface area contributed by atoms with Gasteiger partial charge in [-0.05, 0) is 67.9 Å². The van der Waals surface area contributed by atoms with Gasteiger partial charge in [0.25, 0.3) is 5.91 Å². The summed E-state index contributed by atoms with van der Waals surface area (Å²) in [6, 6.07) is 7.85. The average Bonchev–Trinajstić information content (AvgIpc) is 3.66. The summed E-state index contributed by atoms with van der Waals surface area (Å²) < 4.78 is 20.5. The normalized spacial score (nSPS) is 23.0. The molecular weight excluding hydrogens is 445 g/mol. The van der Waals surface area contributed by atoms with E-state index in [1.54, 1.807) is 17.2 Å². The van der Waals surface area contributed by atoms with E-state index in [2.05, 4.69) is 16.0 Å². The zero-order chi connectivity index (χ0) is 24.2. The summed E-state index contributed by atoms with van der Waals surface area (Å²) in [6.07, 6.45) is 7.20. The molecule has 2 fully saturated rings. The third-order valence-corrected chi connectivity index (χ3v) is 8.31. The summed E-state index contributed by atoms with van der Waals surface area (Å²) in [5, 5.41) is 0. The van der Waals surface area contributed by atoms with Crippen LogP contribution in [0.3, 0.4) is 0 Å². The van der Waals surface area contributed by atoms with Gasteiger partial charge in [0, 0.05) is 36.5 Å². The minimum absolute atomic E-state index is 0.128. The number of hydrogen-bond donors (Lipinski definition) is 0. The van der Waals surface area contributed by atoms with Crippen molar-refractivity contribution in [3.63, 3.8) is 0 Å². The van der Waals surface area contributed by atoms with E-state index in [4.69, 9.17) is 4.74 Å². The summed E-state index contributed by atoms with van der Waals surface area (Å²) in [5.41, 5.74) is 2.29. The van der Waals surface area contributed by atoms with Crippen molar-refractivity contribution in [1.29, 1.82) is 0 Å². The van der Waals surface area contributed by atoms with Crippen LogP contribution in [-0.4, -0.2) is 53.5 Å². The molecule has 2 aliphatic heterocycles. The Morgan fingerprint density at radius 2 is 2.00 bits per heavy atom. The second-order valence-electron chi connectivity index (χ2n) is 10.6. The molecule has 1 amide bonds. The number of alkyl halides is 1. The molecule has 1 aromatic heterocycles. The standard InChI is InChI=1S/C28H32FN3O3/c1-2-28(29)7-9-31(10-8-28)27(34)21-16-24-26(30-17-21)32(11-12-35-24)22-5-6-23-19(15-22)14-20(25(23)33)13-18-3-4-18/h5-6,15-18,20H,2-4,7-14H2,1H3. The van der Waals surface area contributed by atoms with Crippen LogP contribution in [0.5, 0.6) is 5.75 Å². The first-order chi connectivity index (χ1) is 16.9. The van der Waals surface area contributed by atoms with Crippen LogP contribution in [0.4, 0.5) is 15.9 Å². The number of carbonyl (C=O) groups is 2. The van der Waals surface area contributed by atoms with Crippen molar-refractivity contribution < 1.29 is 18.7 Å². The number of benzene rings is 1. The lowest BCUT2D eigenvalue weighted by atomic mass is 9.90. The molecule has 1 aromatic carbocycles. The zero-order valence-corrected chi connectivity index (χ0v) is 20.3. The van der Waals surface area contributed by atoms with Crippen molar-refractivity contribution >= 4 is 23.2 Å². The van der Waals surface area contributed by atoms with E-state index >= 15 is 0 Å². The van der Waals surface area contributed by atoms with Gasteiger partial charge < -0.3 is 14.5 Å². The molecule has 184 valence electrons. The van der Waals surface area contributed by atoms with Gasteiger partial charge in [0.15, 0.2) is 17.4 Å². The summed E-state index contributed by atoms with van der Waals surface area (Å²) in [5.74, 6) is 2.29. The number of Topliss-reactive ketones (excluding diaryl/α,β-unsaturated/α-hetero) is 1. The molecular formula is C28H32FN3O3. The van der Waals surface area contributed by atoms with E-state index < -0.39 is 5.67 Å². The molecule has 0 bridgehead atoms. The lowest BCUT2D eigenvalue weighted by molar-refractivity contribution is 0.0419. The maximum absolute atomic E-state index is 14.6. The van der Waals surface area contributed by atoms with Crippen LogP contribution in [0.15, 0.2) is 30.5 Å². The van der Waals surface area contributed by atoms with Crippen LogP contribution >= 0.6 is 0 Å². The van der Waals surface area contributed by atoms with Crippen LogP contribution in [0.1, 0.15) is 71.7 Å². The number of piperidine rings is 1. The fraction of sp³-hybridized carbons (Fsp3) is 0.536. The van der Waals surface area contributed by atoms with Gasteiger partial charge in [0.2, 0.25) is 0 Å². The van der Waals surface area contributed by atoms with Crippen molar-refractivity contribution in [2.24, 2.45) is 11.8 Å². The molecule has 0 radical (unpaired) electrons. The number of halogens is 1. The number of ketones is 1. The first-order valence-electron chi connectivity index (χ1n) is 13.0. The fourth-order valence-corrected chi connectivity index (χ4v) is 5.80. The Bertz CT molecular complexity index is 1170. The molecule has 6 nitrogen and oxygen atoms in total. The number of nitrogens with zero attached hydrogens (tertiary/aromatic N) is 3. The quantitative estimate of drug-likeness (QED) is 0.598. The molecule has 2 aromatic rings. The predicted octanol–water partition coefficient (Wildman–Crippen LogP) is 5.12. The van der Waals surface area contributed by atoms with Gasteiger partial charge in [-0.15, -0.1) is 0 Å². The number of anilines is 2. The van der Waals surface area contributed by atoms with Gasteiger partial charge in [-0.25, -0.2) is 9.37 Å². The van der Waals surface area contributed by atoms with Gasteiger partial charge in [-0.3, -0.25) is 9.59 Å². The molecule has 7 heteroatoms. The maximum Gasteiger partial charge on any atom is 0.255 e. The second kappa shape index (κ2) is 8.61.